The van der Waals surface area contributed by atoms with Gasteiger partial charge in [0.2, 0.25) is 5.75 Å². The number of rotatable bonds is 4. The number of methoxy groups -OCH3 is 2. The van der Waals surface area contributed by atoms with Crippen molar-refractivity contribution in [3.63, 3.8) is 0 Å². The van der Waals surface area contributed by atoms with Crippen LogP contribution >= 0.6 is 0 Å². The van der Waals surface area contributed by atoms with Crippen molar-refractivity contribution in [3.05, 3.63) is 94.6 Å². The summed E-state index contributed by atoms with van der Waals surface area (Å²) in [5.41, 5.74) is 3.18. The highest BCUT2D eigenvalue weighted by Gasteiger charge is 2.27. The molecule has 0 unspecified atom stereocenters. The smallest absolute Gasteiger partial charge is 0.203 e. The van der Waals surface area contributed by atoms with Gasteiger partial charge < -0.3 is 14.6 Å². The van der Waals surface area contributed by atoms with E-state index < -0.39 is 5.78 Å². The maximum atomic E-state index is 13.1. The van der Waals surface area contributed by atoms with Crippen molar-refractivity contribution in [1.29, 1.82) is 0 Å². The molecule has 0 heterocycles. The molecule has 0 radical (unpaired) electrons. The summed E-state index contributed by atoms with van der Waals surface area (Å²) in [6.07, 6.45) is 1.45. The third-order valence-electron chi connectivity index (χ3n) is 4.98. The molecule has 144 valence electrons. The number of phenolic OH excluding ortho intramolecular Hbond substituents is 1. The number of hydrogen-bond donors (Lipinski definition) is 1. The number of aromatic hydroxyl groups is 1. The van der Waals surface area contributed by atoms with Crippen molar-refractivity contribution in [1.82, 2.24) is 0 Å². The second kappa shape index (κ2) is 7.28. The third kappa shape index (κ3) is 2.97. The zero-order valence-corrected chi connectivity index (χ0v) is 15.9. The summed E-state index contributed by atoms with van der Waals surface area (Å²) >= 11 is 0. The quantitative estimate of drug-likeness (QED) is 0.419. The van der Waals surface area contributed by atoms with E-state index in [0.717, 1.165) is 0 Å². The molecule has 3 aromatic carbocycles. The van der Waals surface area contributed by atoms with Gasteiger partial charge in [0.1, 0.15) is 0 Å². The summed E-state index contributed by atoms with van der Waals surface area (Å²) in [7, 11) is 2.84. The Labute approximate surface area is 167 Å². The monoisotopic (exact) mass is 386 g/mol. The Hall–Kier alpha value is -3.86. The molecule has 1 aliphatic rings. The maximum absolute atomic E-state index is 13.1. The van der Waals surface area contributed by atoms with Crippen LogP contribution in [0.3, 0.4) is 0 Å². The Morgan fingerprint density at radius 1 is 0.828 bits per heavy atom. The molecule has 5 nitrogen and oxygen atoms in total. The fourth-order valence-electron chi connectivity index (χ4n) is 3.60. The second-order valence-corrected chi connectivity index (χ2v) is 6.54. The normalized spacial score (nSPS) is 12.1. The van der Waals surface area contributed by atoms with Gasteiger partial charge in [0, 0.05) is 11.1 Å². The van der Waals surface area contributed by atoms with Gasteiger partial charge in [-0.2, -0.15) is 0 Å². The summed E-state index contributed by atoms with van der Waals surface area (Å²) in [6.45, 7) is 0. The van der Waals surface area contributed by atoms with Crippen LogP contribution in [0.5, 0.6) is 17.2 Å². The molecule has 0 saturated carbocycles. The van der Waals surface area contributed by atoms with Gasteiger partial charge >= 0.3 is 0 Å². The van der Waals surface area contributed by atoms with Gasteiger partial charge in [0.05, 0.1) is 19.8 Å². The van der Waals surface area contributed by atoms with E-state index >= 15 is 0 Å². The largest absolute Gasteiger partial charge is 0.504 e. The van der Waals surface area contributed by atoms with E-state index in [9.17, 15) is 14.7 Å². The van der Waals surface area contributed by atoms with Crippen LogP contribution in [0.25, 0.3) is 5.57 Å². The van der Waals surface area contributed by atoms with Crippen molar-refractivity contribution in [2.45, 2.75) is 0 Å². The SMILES string of the molecule is COc1ccc(C(=O)C=C2c3ccccc3C(=O)c3ccccc32)c(O)c1OC. The molecule has 0 aromatic heterocycles. The highest BCUT2D eigenvalue weighted by atomic mass is 16.5. The number of carbonyl (C=O) groups excluding carboxylic acids is 2. The van der Waals surface area contributed by atoms with Crippen LogP contribution in [0.15, 0.2) is 66.7 Å². The standard InChI is InChI=1S/C24H18O5/c1-28-21-12-11-18(23(27)24(21)29-2)20(25)13-19-14-7-3-5-9-16(14)22(26)17-10-6-4-8-15(17)19/h3-13,27H,1-2H3. The number of ether oxygens (including phenoxy) is 2. The van der Waals surface area contributed by atoms with Crippen LogP contribution in [-0.4, -0.2) is 30.9 Å². The molecule has 0 bridgehead atoms. The highest BCUT2D eigenvalue weighted by Crippen LogP contribution is 2.40. The molecule has 3 aromatic rings. The van der Waals surface area contributed by atoms with Crippen molar-refractivity contribution >= 4 is 17.1 Å². The summed E-state index contributed by atoms with van der Waals surface area (Å²) < 4.78 is 10.3. The number of hydrogen-bond acceptors (Lipinski definition) is 5. The van der Waals surface area contributed by atoms with Crippen molar-refractivity contribution in [3.8, 4) is 17.2 Å². The lowest BCUT2D eigenvalue weighted by molar-refractivity contribution is 0.102. The van der Waals surface area contributed by atoms with Gasteiger partial charge in [-0.1, -0.05) is 48.5 Å². The minimum atomic E-state index is -0.405. The molecule has 0 amide bonds. The van der Waals surface area contributed by atoms with Gasteiger partial charge in [0.25, 0.3) is 0 Å². The number of ketones is 2. The van der Waals surface area contributed by atoms with Crippen molar-refractivity contribution < 1.29 is 24.2 Å². The molecule has 5 heteroatoms. The topological polar surface area (TPSA) is 72.8 Å². The number of phenols is 1. The first-order chi connectivity index (χ1) is 14.1. The van der Waals surface area contributed by atoms with Crippen molar-refractivity contribution in [2.75, 3.05) is 14.2 Å². The van der Waals surface area contributed by atoms with E-state index in [4.69, 9.17) is 9.47 Å². The highest BCUT2D eigenvalue weighted by molar-refractivity contribution is 6.21. The summed E-state index contributed by atoms with van der Waals surface area (Å²) in [4.78, 5) is 25.9. The summed E-state index contributed by atoms with van der Waals surface area (Å²) in [6, 6.07) is 17.4. The Kier molecular flexibility index (Phi) is 4.64. The predicted octanol–water partition coefficient (Wildman–Crippen LogP) is 4.27. The second-order valence-electron chi connectivity index (χ2n) is 6.54. The molecular weight excluding hydrogens is 368 g/mol. The summed E-state index contributed by atoms with van der Waals surface area (Å²) in [5.74, 6) is -0.348. The lowest BCUT2D eigenvalue weighted by Gasteiger charge is -2.21. The van der Waals surface area contributed by atoms with Crippen LogP contribution in [0.1, 0.15) is 37.4 Å². The minimum Gasteiger partial charge on any atom is -0.504 e. The molecule has 0 spiro atoms. The van der Waals surface area contributed by atoms with Gasteiger partial charge in [-0.15, -0.1) is 0 Å². The van der Waals surface area contributed by atoms with E-state index in [1.807, 2.05) is 24.3 Å². The van der Waals surface area contributed by atoms with E-state index in [-0.39, 0.29) is 22.8 Å². The lowest BCUT2D eigenvalue weighted by atomic mass is 9.80. The van der Waals surface area contributed by atoms with Gasteiger partial charge in [-0.05, 0) is 34.9 Å². The minimum absolute atomic E-state index is 0.0743. The molecule has 1 N–H and O–H groups in total. The zero-order chi connectivity index (χ0) is 20.5. The van der Waals surface area contributed by atoms with Crippen LogP contribution in [0.4, 0.5) is 0 Å². The molecule has 4 rings (SSSR count). The average Bonchev–Trinajstić information content (AvgIpc) is 2.76. The summed E-state index contributed by atoms with van der Waals surface area (Å²) in [5, 5.41) is 10.5. The molecule has 0 atom stereocenters. The fraction of sp³-hybridized carbons (Fsp3) is 0.0833. The lowest BCUT2D eigenvalue weighted by Crippen LogP contribution is -2.15. The van der Waals surface area contributed by atoms with Crippen LogP contribution in [0.2, 0.25) is 0 Å². The molecule has 0 saturated heterocycles. The molecule has 0 aliphatic heterocycles. The number of benzene rings is 3. The van der Waals surface area contributed by atoms with Gasteiger partial charge in [-0.25, -0.2) is 0 Å². The first-order valence-corrected chi connectivity index (χ1v) is 9.00. The molecule has 0 fully saturated rings. The molecule has 29 heavy (non-hydrogen) atoms. The van der Waals surface area contributed by atoms with E-state index in [1.165, 1.54) is 26.4 Å². The van der Waals surface area contributed by atoms with Crippen LogP contribution in [0, 0.1) is 0 Å². The predicted molar refractivity (Wildman–Crippen MR) is 109 cm³/mol. The maximum Gasteiger partial charge on any atom is 0.203 e. The zero-order valence-electron chi connectivity index (χ0n) is 15.9. The Bertz CT molecular complexity index is 1120. The fourth-order valence-corrected chi connectivity index (χ4v) is 3.60. The van der Waals surface area contributed by atoms with E-state index in [1.54, 1.807) is 30.3 Å². The Balaban J connectivity index is 1.89. The van der Waals surface area contributed by atoms with Gasteiger partial charge in [0.15, 0.2) is 23.1 Å². The Morgan fingerprint density at radius 3 is 1.90 bits per heavy atom. The number of allylic oxidation sites excluding steroid dienone is 1. The van der Waals surface area contributed by atoms with E-state index in [2.05, 4.69) is 0 Å². The first kappa shape index (κ1) is 18.5. The van der Waals surface area contributed by atoms with Crippen LogP contribution in [-0.2, 0) is 0 Å². The van der Waals surface area contributed by atoms with Gasteiger partial charge in [-0.3, -0.25) is 9.59 Å². The number of carbonyl (C=O) groups is 2. The first-order valence-electron chi connectivity index (χ1n) is 9.00. The molecular formula is C24H18O5. The van der Waals surface area contributed by atoms with Crippen molar-refractivity contribution in [2.24, 2.45) is 0 Å². The Morgan fingerprint density at radius 2 is 1.38 bits per heavy atom. The van der Waals surface area contributed by atoms with Crippen LogP contribution < -0.4 is 9.47 Å². The third-order valence-corrected chi connectivity index (χ3v) is 4.98. The van der Waals surface area contributed by atoms with E-state index in [0.29, 0.717) is 33.6 Å². The molecule has 1 aliphatic carbocycles. The number of fused-ring (bicyclic) bond motifs is 2. The average molecular weight is 386 g/mol.